The second kappa shape index (κ2) is 8.64. The Morgan fingerprint density at radius 2 is 1.90 bits per heavy atom. The molecule has 0 radical (unpaired) electrons. The number of nitrogens with zero attached hydrogens (tertiary/aromatic N) is 3. The highest BCUT2D eigenvalue weighted by Gasteiger charge is 2.35. The van der Waals surface area contributed by atoms with Crippen LogP contribution in [-0.4, -0.2) is 50.2 Å². The number of methoxy groups -OCH3 is 2. The van der Waals surface area contributed by atoms with Crippen molar-refractivity contribution in [1.82, 2.24) is 14.4 Å². The van der Waals surface area contributed by atoms with Crippen LogP contribution in [0.4, 0.5) is 4.39 Å². The van der Waals surface area contributed by atoms with Gasteiger partial charge in [0, 0.05) is 24.7 Å². The number of ether oxygens (including phenoxy) is 2. The quantitative estimate of drug-likeness (QED) is 0.571. The lowest BCUT2D eigenvalue weighted by atomic mass is 10.00. The summed E-state index contributed by atoms with van der Waals surface area (Å²) in [6.07, 6.45) is 1.36. The molecule has 2 heterocycles. The van der Waals surface area contributed by atoms with Crippen LogP contribution in [0.25, 0.3) is 11.4 Å². The van der Waals surface area contributed by atoms with E-state index in [0.717, 1.165) is 0 Å². The van der Waals surface area contributed by atoms with Gasteiger partial charge in [-0.25, -0.2) is 12.8 Å². The molecule has 1 aliphatic rings. The smallest absolute Gasteiger partial charge is 0.246 e. The van der Waals surface area contributed by atoms with Gasteiger partial charge in [0.1, 0.15) is 22.2 Å². The molecule has 0 amide bonds. The number of sulfonamides is 1. The summed E-state index contributed by atoms with van der Waals surface area (Å²) in [5.74, 6) is 0.768. The molecule has 4 rings (SSSR count). The average Bonchev–Trinajstić information content (AvgIpc) is 3.29. The van der Waals surface area contributed by atoms with Crippen molar-refractivity contribution < 1.29 is 26.8 Å². The minimum absolute atomic E-state index is 0.0486. The van der Waals surface area contributed by atoms with Crippen molar-refractivity contribution in [2.24, 2.45) is 0 Å². The van der Waals surface area contributed by atoms with Crippen LogP contribution in [0, 0.1) is 5.82 Å². The fraction of sp³-hybridized carbons (Fsp3) is 0.333. The lowest BCUT2D eigenvalue weighted by Gasteiger charge is -2.30. The lowest BCUT2D eigenvalue weighted by molar-refractivity contribution is 0.265. The predicted molar refractivity (Wildman–Crippen MR) is 110 cm³/mol. The van der Waals surface area contributed by atoms with Gasteiger partial charge in [-0.05, 0) is 49.2 Å². The second-order valence-corrected chi connectivity index (χ2v) is 9.09. The normalized spacial score (nSPS) is 17.5. The molecule has 2 aromatic carbocycles. The van der Waals surface area contributed by atoms with Gasteiger partial charge in [0.15, 0.2) is 0 Å². The summed E-state index contributed by atoms with van der Waals surface area (Å²) >= 11 is 0. The molecular formula is C21H22FN3O5S. The fourth-order valence-corrected chi connectivity index (χ4v) is 5.30. The van der Waals surface area contributed by atoms with Gasteiger partial charge in [-0.1, -0.05) is 5.16 Å². The summed E-state index contributed by atoms with van der Waals surface area (Å²) in [5, 5.41) is 3.97. The zero-order valence-electron chi connectivity index (χ0n) is 17.1. The van der Waals surface area contributed by atoms with E-state index in [1.165, 1.54) is 36.7 Å². The Morgan fingerprint density at radius 3 is 2.61 bits per heavy atom. The summed E-state index contributed by atoms with van der Waals surface area (Å²) in [6.45, 7) is 0.575. The molecule has 1 aliphatic heterocycles. The van der Waals surface area contributed by atoms with Crippen LogP contribution >= 0.6 is 0 Å². The van der Waals surface area contributed by atoms with Gasteiger partial charge in [0.25, 0.3) is 0 Å². The van der Waals surface area contributed by atoms with E-state index in [9.17, 15) is 12.8 Å². The zero-order valence-corrected chi connectivity index (χ0v) is 17.9. The number of aromatic nitrogens is 2. The number of hydrogen-bond acceptors (Lipinski definition) is 7. The molecule has 0 aliphatic carbocycles. The third-order valence-corrected chi connectivity index (χ3v) is 7.15. The van der Waals surface area contributed by atoms with Gasteiger partial charge in [0.2, 0.25) is 21.7 Å². The first-order valence-electron chi connectivity index (χ1n) is 9.74. The van der Waals surface area contributed by atoms with Crippen LogP contribution in [0.5, 0.6) is 11.5 Å². The summed E-state index contributed by atoms with van der Waals surface area (Å²) in [7, 11) is -0.930. The summed E-state index contributed by atoms with van der Waals surface area (Å²) in [6, 6.07) is 10.4. The van der Waals surface area contributed by atoms with Crippen LogP contribution in [0.3, 0.4) is 0 Å². The van der Waals surface area contributed by atoms with Crippen LogP contribution in [0.1, 0.15) is 24.7 Å². The van der Waals surface area contributed by atoms with Gasteiger partial charge >= 0.3 is 0 Å². The summed E-state index contributed by atoms with van der Waals surface area (Å²) in [5.41, 5.74) is 0.623. The first-order valence-corrected chi connectivity index (χ1v) is 11.2. The molecule has 10 heteroatoms. The van der Waals surface area contributed by atoms with E-state index >= 15 is 0 Å². The van der Waals surface area contributed by atoms with Crippen molar-refractivity contribution >= 4 is 10.0 Å². The maximum atomic E-state index is 13.4. The Hall–Kier alpha value is -2.98. The monoisotopic (exact) mass is 447 g/mol. The molecule has 1 atom stereocenters. The molecule has 0 bridgehead atoms. The van der Waals surface area contributed by atoms with Gasteiger partial charge in [-0.2, -0.15) is 9.29 Å². The molecule has 0 spiro atoms. The van der Waals surface area contributed by atoms with Crippen LogP contribution < -0.4 is 9.47 Å². The number of hydrogen-bond donors (Lipinski definition) is 0. The van der Waals surface area contributed by atoms with Crippen molar-refractivity contribution in [3.05, 3.63) is 54.2 Å². The molecule has 31 heavy (non-hydrogen) atoms. The van der Waals surface area contributed by atoms with E-state index in [-0.39, 0.29) is 28.9 Å². The van der Waals surface area contributed by atoms with E-state index in [0.29, 0.717) is 42.4 Å². The van der Waals surface area contributed by atoms with E-state index in [1.54, 1.807) is 24.3 Å². The summed E-state index contributed by atoms with van der Waals surface area (Å²) < 4.78 is 57.1. The Morgan fingerprint density at radius 1 is 1.13 bits per heavy atom. The number of piperidine rings is 1. The number of halogens is 1. The Bertz CT molecular complexity index is 1160. The molecule has 1 unspecified atom stereocenters. The Labute approximate surface area is 179 Å². The largest absolute Gasteiger partial charge is 0.497 e. The molecule has 0 saturated carbocycles. The fourth-order valence-electron chi connectivity index (χ4n) is 3.60. The average molecular weight is 447 g/mol. The molecular weight excluding hydrogens is 425 g/mol. The van der Waals surface area contributed by atoms with Crippen molar-refractivity contribution in [2.45, 2.75) is 23.7 Å². The third kappa shape index (κ3) is 4.26. The highest BCUT2D eigenvalue weighted by molar-refractivity contribution is 7.89. The van der Waals surface area contributed by atoms with E-state index in [4.69, 9.17) is 14.0 Å². The molecule has 0 N–H and O–H groups in total. The third-order valence-electron chi connectivity index (χ3n) is 5.27. The highest BCUT2D eigenvalue weighted by atomic mass is 32.2. The molecule has 1 saturated heterocycles. The first kappa shape index (κ1) is 21.3. The SMILES string of the molecule is COc1ccc(OC)c(S(=O)(=O)N2CCCC(c3nc(-c4ccc(F)cc4)no3)C2)c1. The van der Waals surface area contributed by atoms with Crippen molar-refractivity contribution in [2.75, 3.05) is 27.3 Å². The molecule has 3 aromatic rings. The Kier molecular flexibility index (Phi) is 5.92. The van der Waals surface area contributed by atoms with Gasteiger partial charge in [-0.3, -0.25) is 0 Å². The number of benzene rings is 2. The highest BCUT2D eigenvalue weighted by Crippen LogP contribution is 2.35. The number of rotatable bonds is 6. The van der Waals surface area contributed by atoms with Gasteiger partial charge in [0.05, 0.1) is 20.1 Å². The Balaban J connectivity index is 1.58. The standard InChI is InChI=1S/C21H22FN3O5S/c1-28-17-9-10-18(29-2)19(12-17)31(26,27)25-11-3-4-15(13-25)21-23-20(24-30-21)14-5-7-16(22)8-6-14/h5-10,12,15H,3-4,11,13H2,1-2H3. The zero-order chi connectivity index (χ0) is 22.0. The van der Waals surface area contributed by atoms with E-state index < -0.39 is 10.0 Å². The van der Waals surface area contributed by atoms with Crippen molar-refractivity contribution in [3.63, 3.8) is 0 Å². The lowest BCUT2D eigenvalue weighted by Crippen LogP contribution is -2.39. The second-order valence-electron chi connectivity index (χ2n) is 7.18. The maximum absolute atomic E-state index is 13.4. The topological polar surface area (TPSA) is 94.8 Å². The van der Waals surface area contributed by atoms with E-state index in [2.05, 4.69) is 10.1 Å². The molecule has 164 valence electrons. The predicted octanol–water partition coefficient (Wildman–Crippen LogP) is 3.46. The molecule has 1 fully saturated rings. The van der Waals surface area contributed by atoms with Gasteiger partial charge in [-0.15, -0.1) is 0 Å². The summed E-state index contributed by atoms with van der Waals surface area (Å²) in [4.78, 5) is 4.47. The maximum Gasteiger partial charge on any atom is 0.246 e. The minimum atomic E-state index is -3.83. The van der Waals surface area contributed by atoms with E-state index in [1.807, 2.05) is 0 Å². The first-order chi connectivity index (χ1) is 14.9. The van der Waals surface area contributed by atoms with Crippen molar-refractivity contribution in [3.8, 4) is 22.9 Å². The molecule has 1 aromatic heterocycles. The molecule has 8 nitrogen and oxygen atoms in total. The van der Waals surface area contributed by atoms with Crippen LogP contribution in [0.15, 0.2) is 51.9 Å². The van der Waals surface area contributed by atoms with Crippen LogP contribution in [-0.2, 0) is 10.0 Å². The van der Waals surface area contributed by atoms with Gasteiger partial charge < -0.3 is 14.0 Å². The minimum Gasteiger partial charge on any atom is -0.497 e. The van der Waals surface area contributed by atoms with Crippen LogP contribution in [0.2, 0.25) is 0 Å². The van der Waals surface area contributed by atoms with Crippen molar-refractivity contribution in [1.29, 1.82) is 0 Å².